The zero-order valence-corrected chi connectivity index (χ0v) is 13.2. The number of aromatic amines is 1. The Morgan fingerprint density at radius 3 is 2.74 bits per heavy atom. The first kappa shape index (κ1) is 15.2. The van der Waals surface area contributed by atoms with Crippen LogP contribution in [0.1, 0.15) is 31.1 Å². The molecule has 6 nitrogen and oxygen atoms in total. The molecule has 3 aromatic rings. The second-order valence-electron chi connectivity index (χ2n) is 5.54. The number of amides is 1. The number of nitrogens with one attached hydrogen (secondary N) is 2. The number of nitrogens with zero attached hydrogens (tertiary/aromatic N) is 2. The van der Waals surface area contributed by atoms with Crippen molar-refractivity contribution in [2.75, 3.05) is 5.32 Å². The van der Waals surface area contributed by atoms with Gasteiger partial charge in [-0.3, -0.25) is 9.78 Å². The van der Waals surface area contributed by atoms with Crippen LogP contribution in [0.3, 0.4) is 0 Å². The predicted molar refractivity (Wildman–Crippen MR) is 89.0 cm³/mol. The molecule has 1 unspecified atom stereocenters. The highest BCUT2D eigenvalue weighted by molar-refractivity contribution is 5.91. The number of rotatable bonds is 3. The molecule has 3 heterocycles. The van der Waals surface area contributed by atoms with E-state index in [4.69, 9.17) is 0 Å². The first-order chi connectivity index (χ1) is 11.0. The number of aliphatic hydroxyl groups is 1. The second-order valence-corrected chi connectivity index (χ2v) is 5.54. The van der Waals surface area contributed by atoms with Gasteiger partial charge in [-0.1, -0.05) is 0 Å². The second kappa shape index (κ2) is 5.81. The molecule has 0 aliphatic heterocycles. The number of aromatic nitrogens is 3. The van der Waals surface area contributed by atoms with Crippen LogP contribution in [0.5, 0.6) is 0 Å². The number of H-pyrrole nitrogens is 1. The molecule has 0 saturated heterocycles. The lowest BCUT2D eigenvalue weighted by Gasteiger charge is -2.05. The maximum absolute atomic E-state index is 11.2. The standard InChI is InChI=1S/C17H18N4O2/c1-9-15(12-4-6-18-14(8-12)20-11(3)23)21-17-13(10(2)22)5-7-19-16(9)17/h4-8,10,21-22H,1-3H3,(H,18,20,23). The van der Waals surface area contributed by atoms with Crippen molar-refractivity contribution < 1.29 is 9.90 Å². The SMILES string of the molecule is CC(=O)Nc1cc(-c2[nH]c3c(C(C)O)ccnc3c2C)ccn1. The van der Waals surface area contributed by atoms with E-state index in [-0.39, 0.29) is 5.91 Å². The van der Waals surface area contributed by atoms with Crippen molar-refractivity contribution in [1.29, 1.82) is 0 Å². The molecule has 0 aliphatic rings. The number of aryl methyl sites for hydroxylation is 1. The third kappa shape index (κ3) is 2.80. The number of pyridine rings is 2. The lowest BCUT2D eigenvalue weighted by molar-refractivity contribution is -0.114. The van der Waals surface area contributed by atoms with Crippen LogP contribution in [-0.2, 0) is 4.79 Å². The molecule has 3 rings (SSSR count). The first-order valence-corrected chi connectivity index (χ1v) is 7.36. The monoisotopic (exact) mass is 310 g/mol. The fourth-order valence-corrected chi connectivity index (χ4v) is 2.70. The van der Waals surface area contributed by atoms with E-state index in [2.05, 4.69) is 20.3 Å². The van der Waals surface area contributed by atoms with Crippen LogP contribution in [0.4, 0.5) is 5.82 Å². The molecule has 118 valence electrons. The van der Waals surface area contributed by atoms with Gasteiger partial charge in [0.05, 0.1) is 22.8 Å². The Morgan fingerprint density at radius 2 is 2.04 bits per heavy atom. The van der Waals surface area contributed by atoms with Crippen LogP contribution in [0.25, 0.3) is 22.3 Å². The maximum Gasteiger partial charge on any atom is 0.222 e. The van der Waals surface area contributed by atoms with Crippen LogP contribution >= 0.6 is 0 Å². The molecule has 0 radical (unpaired) electrons. The zero-order valence-electron chi connectivity index (χ0n) is 13.2. The summed E-state index contributed by atoms with van der Waals surface area (Å²) in [5.41, 5.74) is 5.25. The lowest BCUT2D eigenvalue weighted by atomic mass is 10.1. The molecule has 0 saturated carbocycles. The highest BCUT2D eigenvalue weighted by Crippen LogP contribution is 2.32. The number of anilines is 1. The van der Waals surface area contributed by atoms with Gasteiger partial charge in [-0.2, -0.15) is 0 Å². The van der Waals surface area contributed by atoms with E-state index in [0.29, 0.717) is 5.82 Å². The lowest BCUT2D eigenvalue weighted by Crippen LogP contribution is -2.07. The summed E-state index contributed by atoms with van der Waals surface area (Å²) >= 11 is 0. The third-order valence-corrected chi connectivity index (χ3v) is 3.77. The minimum Gasteiger partial charge on any atom is -0.389 e. The minimum absolute atomic E-state index is 0.166. The molecule has 1 atom stereocenters. The van der Waals surface area contributed by atoms with Gasteiger partial charge >= 0.3 is 0 Å². The summed E-state index contributed by atoms with van der Waals surface area (Å²) in [7, 11) is 0. The summed E-state index contributed by atoms with van der Waals surface area (Å²) in [6.45, 7) is 5.15. The highest BCUT2D eigenvalue weighted by atomic mass is 16.3. The summed E-state index contributed by atoms with van der Waals surface area (Å²) in [5.74, 6) is 0.331. The molecule has 0 spiro atoms. The topological polar surface area (TPSA) is 90.9 Å². The average Bonchev–Trinajstić information content (AvgIpc) is 2.84. The fraction of sp³-hybridized carbons (Fsp3) is 0.235. The van der Waals surface area contributed by atoms with Gasteiger partial charge in [-0.05, 0) is 32.0 Å². The summed E-state index contributed by atoms with van der Waals surface area (Å²) in [5, 5.41) is 12.6. The van der Waals surface area contributed by atoms with Crippen LogP contribution in [0.15, 0.2) is 30.6 Å². The molecule has 3 aromatic heterocycles. The highest BCUT2D eigenvalue weighted by Gasteiger charge is 2.15. The summed E-state index contributed by atoms with van der Waals surface area (Å²) < 4.78 is 0. The Hall–Kier alpha value is -2.73. The van der Waals surface area contributed by atoms with Crippen molar-refractivity contribution in [3.8, 4) is 11.3 Å². The third-order valence-electron chi connectivity index (χ3n) is 3.77. The van der Waals surface area contributed by atoms with Crippen LogP contribution < -0.4 is 5.32 Å². The smallest absolute Gasteiger partial charge is 0.222 e. The minimum atomic E-state index is -0.584. The summed E-state index contributed by atoms with van der Waals surface area (Å²) in [6.07, 6.45) is 2.76. The van der Waals surface area contributed by atoms with Crippen molar-refractivity contribution in [1.82, 2.24) is 15.0 Å². The molecule has 23 heavy (non-hydrogen) atoms. The van der Waals surface area contributed by atoms with Gasteiger partial charge in [0.15, 0.2) is 0 Å². The van der Waals surface area contributed by atoms with E-state index < -0.39 is 6.10 Å². The molecule has 3 N–H and O–H groups in total. The van der Waals surface area contributed by atoms with Crippen LogP contribution in [0.2, 0.25) is 0 Å². The van der Waals surface area contributed by atoms with Crippen molar-refractivity contribution in [3.05, 3.63) is 41.7 Å². The van der Waals surface area contributed by atoms with Crippen LogP contribution in [0, 0.1) is 6.92 Å². The van der Waals surface area contributed by atoms with E-state index in [0.717, 1.165) is 33.4 Å². The zero-order chi connectivity index (χ0) is 16.6. The molecule has 0 aliphatic carbocycles. The van der Waals surface area contributed by atoms with Gasteiger partial charge in [0, 0.05) is 36.0 Å². The molecule has 0 fully saturated rings. The number of hydrogen-bond donors (Lipinski definition) is 3. The quantitative estimate of drug-likeness (QED) is 0.693. The van der Waals surface area contributed by atoms with Gasteiger partial charge in [-0.25, -0.2) is 4.98 Å². The average molecular weight is 310 g/mol. The van der Waals surface area contributed by atoms with E-state index in [1.807, 2.05) is 19.1 Å². The molecule has 0 bridgehead atoms. The van der Waals surface area contributed by atoms with Crippen molar-refractivity contribution in [2.45, 2.75) is 26.9 Å². The van der Waals surface area contributed by atoms with E-state index in [1.54, 1.807) is 25.4 Å². The Kier molecular flexibility index (Phi) is 3.83. The fourth-order valence-electron chi connectivity index (χ4n) is 2.70. The normalized spacial score (nSPS) is 12.3. The van der Waals surface area contributed by atoms with Gasteiger partial charge in [-0.15, -0.1) is 0 Å². The van der Waals surface area contributed by atoms with Gasteiger partial charge in [0.25, 0.3) is 0 Å². The predicted octanol–water partition coefficient (Wildman–Crippen LogP) is 2.95. The Morgan fingerprint density at radius 1 is 1.30 bits per heavy atom. The number of aliphatic hydroxyl groups excluding tert-OH is 1. The first-order valence-electron chi connectivity index (χ1n) is 7.36. The summed E-state index contributed by atoms with van der Waals surface area (Å²) in [4.78, 5) is 23.1. The van der Waals surface area contributed by atoms with Gasteiger partial charge < -0.3 is 15.4 Å². The molecular formula is C17H18N4O2. The van der Waals surface area contributed by atoms with Gasteiger partial charge in [0.1, 0.15) is 5.82 Å². The Balaban J connectivity index is 2.15. The van der Waals surface area contributed by atoms with Crippen molar-refractivity contribution >= 4 is 22.8 Å². The Labute approximate surface area is 133 Å². The number of fused-ring (bicyclic) bond motifs is 1. The molecule has 0 aromatic carbocycles. The number of hydrogen-bond acceptors (Lipinski definition) is 4. The summed E-state index contributed by atoms with van der Waals surface area (Å²) in [6, 6.07) is 5.48. The van der Waals surface area contributed by atoms with Crippen LogP contribution in [-0.4, -0.2) is 26.0 Å². The number of carbonyl (C=O) groups is 1. The largest absolute Gasteiger partial charge is 0.389 e. The van der Waals surface area contributed by atoms with Gasteiger partial charge in [0.2, 0.25) is 5.91 Å². The molecule has 6 heteroatoms. The van der Waals surface area contributed by atoms with E-state index >= 15 is 0 Å². The van der Waals surface area contributed by atoms with E-state index in [9.17, 15) is 9.90 Å². The maximum atomic E-state index is 11.2. The number of carbonyl (C=O) groups excluding carboxylic acids is 1. The van der Waals surface area contributed by atoms with Crippen molar-refractivity contribution in [3.63, 3.8) is 0 Å². The van der Waals surface area contributed by atoms with E-state index in [1.165, 1.54) is 6.92 Å². The van der Waals surface area contributed by atoms with Crippen molar-refractivity contribution in [2.24, 2.45) is 0 Å². The molecule has 1 amide bonds. The Bertz CT molecular complexity index is 883. The molecular weight excluding hydrogens is 292 g/mol.